The number of aliphatic imine (C=N–C) groups is 1. The zero-order chi connectivity index (χ0) is 14.8. The van der Waals surface area contributed by atoms with E-state index < -0.39 is 0 Å². The molecule has 0 amide bonds. The van der Waals surface area contributed by atoms with Gasteiger partial charge >= 0.3 is 0 Å². The minimum Gasteiger partial charge on any atom is -0.400 e. The van der Waals surface area contributed by atoms with Crippen LogP contribution in [0.25, 0.3) is 5.70 Å². The molecule has 1 aliphatic heterocycles. The SMILES string of the molecule is N/C(=C1/c2cc[nH]c2N=CN1N)C1CCC(CC=O)CC1. The third-order valence-corrected chi connectivity index (χ3v) is 4.54. The molecule has 1 aliphatic carbocycles. The number of carbonyl (C=O) groups excluding carboxylic acids is 1. The fraction of sp³-hybridized carbons (Fsp3) is 0.467. The summed E-state index contributed by atoms with van der Waals surface area (Å²) in [6, 6.07) is 1.95. The molecule has 1 fully saturated rings. The van der Waals surface area contributed by atoms with Crippen molar-refractivity contribution in [2.45, 2.75) is 32.1 Å². The van der Waals surface area contributed by atoms with Gasteiger partial charge in [0.05, 0.1) is 5.70 Å². The molecule has 1 aromatic rings. The predicted octanol–water partition coefficient (Wildman–Crippen LogP) is 1.89. The van der Waals surface area contributed by atoms with Crippen LogP contribution in [-0.2, 0) is 4.79 Å². The lowest BCUT2D eigenvalue weighted by atomic mass is 9.79. The van der Waals surface area contributed by atoms with Gasteiger partial charge in [0.25, 0.3) is 0 Å². The highest BCUT2D eigenvalue weighted by Crippen LogP contribution is 2.38. The molecule has 112 valence electrons. The minimum absolute atomic E-state index is 0.322. The molecule has 6 nitrogen and oxygen atoms in total. The summed E-state index contributed by atoms with van der Waals surface area (Å²) in [6.07, 6.45) is 9.25. The summed E-state index contributed by atoms with van der Waals surface area (Å²) in [5.74, 6) is 7.65. The number of aromatic nitrogens is 1. The van der Waals surface area contributed by atoms with Gasteiger partial charge in [-0.1, -0.05) is 0 Å². The van der Waals surface area contributed by atoms with E-state index in [0.717, 1.165) is 54.7 Å². The van der Waals surface area contributed by atoms with Crippen molar-refractivity contribution in [3.05, 3.63) is 23.5 Å². The molecule has 0 aromatic carbocycles. The Morgan fingerprint density at radius 1 is 1.43 bits per heavy atom. The Bertz CT molecular complexity index is 581. The van der Waals surface area contributed by atoms with E-state index in [4.69, 9.17) is 11.6 Å². The Labute approximate surface area is 123 Å². The van der Waals surface area contributed by atoms with Gasteiger partial charge in [-0.2, -0.15) is 0 Å². The summed E-state index contributed by atoms with van der Waals surface area (Å²) >= 11 is 0. The number of allylic oxidation sites excluding steroid dienone is 1. The van der Waals surface area contributed by atoms with Gasteiger partial charge in [0.2, 0.25) is 0 Å². The van der Waals surface area contributed by atoms with Crippen molar-refractivity contribution >= 4 is 24.1 Å². The quantitative estimate of drug-likeness (QED) is 0.583. The maximum atomic E-state index is 10.6. The van der Waals surface area contributed by atoms with E-state index >= 15 is 0 Å². The van der Waals surface area contributed by atoms with Crippen LogP contribution in [0.15, 0.2) is 23.0 Å². The fourth-order valence-electron chi connectivity index (χ4n) is 3.32. The van der Waals surface area contributed by atoms with Gasteiger partial charge < -0.3 is 15.5 Å². The molecule has 5 N–H and O–H groups in total. The lowest BCUT2D eigenvalue weighted by Gasteiger charge is -2.31. The smallest absolute Gasteiger partial charge is 0.141 e. The first-order valence-corrected chi connectivity index (χ1v) is 7.40. The van der Waals surface area contributed by atoms with Crippen LogP contribution in [0, 0.1) is 11.8 Å². The second-order valence-electron chi connectivity index (χ2n) is 5.82. The standard InChI is InChI=1S/C15H21N5O/c16-13(11-3-1-10(2-4-11)6-8-21)14-12-5-7-18-15(12)19-9-20(14)17/h5,7-11,18H,1-4,6,16-17H2/b14-13-. The van der Waals surface area contributed by atoms with Crippen molar-refractivity contribution in [1.29, 1.82) is 0 Å². The number of nitrogens with two attached hydrogens (primary N) is 2. The van der Waals surface area contributed by atoms with Gasteiger partial charge in [0, 0.05) is 29.8 Å². The Balaban J connectivity index is 1.82. The molecule has 0 radical (unpaired) electrons. The topological polar surface area (TPSA) is 100 Å². The summed E-state index contributed by atoms with van der Waals surface area (Å²) in [5, 5.41) is 1.50. The van der Waals surface area contributed by atoms with Gasteiger partial charge in [-0.15, -0.1) is 0 Å². The van der Waals surface area contributed by atoms with Crippen LogP contribution in [0.5, 0.6) is 0 Å². The highest BCUT2D eigenvalue weighted by molar-refractivity contribution is 5.86. The first-order valence-electron chi connectivity index (χ1n) is 7.40. The first kappa shape index (κ1) is 13.9. The van der Waals surface area contributed by atoms with E-state index in [1.54, 1.807) is 6.34 Å². The second-order valence-corrected chi connectivity index (χ2v) is 5.82. The van der Waals surface area contributed by atoms with E-state index in [0.29, 0.717) is 18.3 Å². The summed E-state index contributed by atoms with van der Waals surface area (Å²) in [5.41, 5.74) is 9.05. The van der Waals surface area contributed by atoms with Crippen molar-refractivity contribution in [3.8, 4) is 0 Å². The lowest BCUT2D eigenvalue weighted by Crippen LogP contribution is -2.33. The number of fused-ring (bicyclic) bond motifs is 1. The third-order valence-electron chi connectivity index (χ3n) is 4.54. The number of hydrogen-bond donors (Lipinski definition) is 3. The number of aldehydes is 1. The zero-order valence-corrected chi connectivity index (χ0v) is 12.0. The van der Waals surface area contributed by atoms with Gasteiger partial charge in [0.15, 0.2) is 0 Å². The number of hydrazine groups is 1. The molecule has 0 unspecified atom stereocenters. The number of H-pyrrole nitrogens is 1. The Kier molecular flexibility index (Phi) is 3.79. The molecule has 0 saturated heterocycles. The summed E-state index contributed by atoms with van der Waals surface area (Å²) in [6.45, 7) is 0. The number of nitrogens with one attached hydrogen (secondary N) is 1. The van der Waals surface area contributed by atoms with Crippen molar-refractivity contribution < 1.29 is 4.79 Å². The van der Waals surface area contributed by atoms with Crippen LogP contribution in [-0.4, -0.2) is 22.6 Å². The number of nitrogens with zero attached hydrogens (tertiary/aromatic N) is 2. The van der Waals surface area contributed by atoms with Crippen molar-refractivity contribution in [2.24, 2.45) is 28.4 Å². The maximum absolute atomic E-state index is 10.6. The molecule has 6 heteroatoms. The molecule has 0 bridgehead atoms. The largest absolute Gasteiger partial charge is 0.400 e. The fourth-order valence-corrected chi connectivity index (χ4v) is 3.32. The van der Waals surface area contributed by atoms with Crippen LogP contribution in [0.1, 0.15) is 37.7 Å². The summed E-state index contributed by atoms with van der Waals surface area (Å²) in [7, 11) is 0. The molecular formula is C15H21N5O. The summed E-state index contributed by atoms with van der Waals surface area (Å²) < 4.78 is 0. The molecule has 21 heavy (non-hydrogen) atoms. The van der Waals surface area contributed by atoms with Crippen LogP contribution >= 0.6 is 0 Å². The average Bonchev–Trinajstić information content (AvgIpc) is 2.96. The van der Waals surface area contributed by atoms with Crippen molar-refractivity contribution in [2.75, 3.05) is 0 Å². The molecule has 0 spiro atoms. The molecule has 2 aliphatic rings. The monoisotopic (exact) mass is 287 g/mol. The van der Waals surface area contributed by atoms with E-state index in [1.807, 2.05) is 12.3 Å². The lowest BCUT2D eigenvalue weighted by molar-refractivity contribution is -0.108. The number of rotatable bonds is 3. The van der Waals surface area contributed by atoms with Gasteiger partial charge in [-0.3, -0.25) is 5.01 Å². The molecule has 1 saturated carbocycles. The Hall–Kier alpha value is -2.08. The van der Waals surface area contributed by atoms with Gasteiger partial charge in [-0.25, -0.2) is 10.8 Å². The molecular weight excluding hydrogens is 266 g/mol. The van der Waals surface area contributed by atoms with Crippen LogP contribution < -0.4 is 11.6 Å². The molecule has 1 aromatic heterocycles. The Morgan fingerprint density at radius 2 is 2.19 bits per heavy atom. The van der Waals surface area contributed by atoms with E-state index in [2.05, 4.69) is 9.98 Å². The normalized spacial score (nSPS) is 27.4. The number of aromatic amines is 1. The van der Waals surface area contributed by atoms with E-state index in [1.165, 1.54) is 5.01 Å². The highest BCUT2D eigenvalue weighted by atomic mass is 16.1. The third kappa shape index (κ3) is 2.58. The van der Waals surface area contributed by atoms with E-state index in [9.17, 15) is 4.79 Å². The van der Waals surface area contributed by atoms with Crippen LogP contribution in [0.3, 0.4) is 0 Å². The molecule has 0 atom stereocenters. The summed E-state index contributed by atoms with van der Waals surface area (Å²) in [4.78, 5) is 17.9. The van der Waals surface area contributed by atoms with Gasteiger partial charge in [-0.05, 0) is 37.7 Å². The van der Waals surface area contributed by atoms with Crippen LogP contribution in [0.2, 0.25) is 0 Å². The molecule has 2 heterocycles. The van der Waals surface area contributed by atoms with Crippen LogP contribution in [0.4, 0.5) is 5.82 Å². The number of carbonyl (C=O) groups is 1. The van der Waals surface area contributed by atoms with Crippen molar-refractivity contribution in [1.82, 2.24) is 9.99 Å². The highest BCUT2D eigenvalue weighted by Gasteiger charge is 2.28. The first-order chi connectivity index (χ1) is 10.2. The minimum atomic E-state index is 0.322. The number of hydrogen-bond acceptors (Lipinski definition) is 5. The zero-order valence-electron chi connectivity index (χ0n) is 12.0. The Morgan fingerprint density at radius 3 is 2.90 bits per heavy atom. The van der Waals surface area contributed by atoms with Gasteiger partial charge in [0.1, 0.15) is 18.4 Å². The van der Waals surface area contributed by atoms with Crippen molar-refractivity contribution in [3.63, 3.8) is 0 Å². The predicted molar refractivity (Wildman–Crippen MR) is 82.2 cm³/mol. The molecule has 3 rings (SSSR count). The maximum Gasteiger partial charge on any atom is 0.141 e. The second kappa shape index (κ2) is 5.73. The van der Waals surface area contributed by atoms with E-state index in [-0.39, 0.29) is 0 Å². The average molecular weight is 287 g/mol.